The van der Waals surface area contributed by atoms with Crippen molar-refractivity contribution in [2.24, 2.45) is 10.3 Å². The highest BCUT2D eigenvalue weighted by Gasteiger charge is 2.08. The number of aromatic nitrogens is 2. The van der Waals surface area contributed by atoms with Gasteiger partial charge in [-0.3, -0.25) is 0 Å². The highest BCUT2D eigenvalue weighted by atomic mass is 35.5. The number of alkyl halides is 1. The number of fused-ring (bicyclic) bond motifs is 1. The van der Waals surface area contributed by atoms with E-state index in [0.29, 0.717) is 34.0 Å². The summed E-state index contributed by atoms with van der Waals surface area (Å²) >= 11 is 18.0. The van der Waals surface area contributed by atoms with Crippen molar-refractivity contribution in [3.05, 3.63) is 83.1 Å². The summed E-state index contributed by atoms with van der Waals surface area (Å²) in [5, 5.41) is 15.9. The molecule has 0 bridgehead atoms. The van der Waals surface area contributed by atoms with E-state index in [1.165, 1.54) is 6.33 Å². The molecule has 1 heterocycles. The van der Waals surface area contributed by atoms with Crippen molar-refractivity contribution in [3.63, 3.8) is 0 Å². The predicted molar refractivity (Wildman–Crippen MR) is 128 cm³/mol. The molecule has 1 N–H and O–H groups in total. The first-order valence-corrected chi connectivity index (χ1v) is 10.7. The molecular weight excluding hydrogens is 455 g/mol. The molecule has 0 unspecified atom stereocenters. The Morgan fingerprint density at radius 2 is 1.74 bits per heavy atom. The molecule has 0 spiro atoms. The number of rotatable bonds is 7. The molecule has 4 aromatic rings. The standard InChI is InChI=1S/C22H17Cl3N6/c23-10-11-31(19-7-4-15(24)5-8-19)30-29-18-6-9-21-20(13-18)22(27-14-26-21)28-17-3-1-2-16(25)12-17/h1-9,12-14H,10-11H2,(H,26,27,28). The number of nitrogens with zero attached hydrogens (tertiary/aromatic N) is 5. The second-order valence-electron chi connectivity index (χ2n) is 6.54. The Hall–Kier alpha value is -2.93. The molecule has 156 valence electrons. The van der Waals surface area contributed by atoms with Gasteiger partial charge >= 0.3 is 0 Å². The van der Waals surface area contributed by atoms with Gasteiger partial charge in [-0.1, -0.05) is 34.5 Å². The first-order chi connectivity index (χ1) is 15.1. The summed E-state index contributed by atoms with van der Waals surface area (Å²) < 4.78 is 0. The summed E-state index contributed by atoms with van der Waals surface area (Å²) in [6, 6.07) is 20.4. The Labute approximate surface area is 194 Å². The van der Waals surface area contributed by atoms with Crippen molar-refractivity contribution in [2.45, 2.75) is 0 Å². The van der Waals surface area contributed by atoms with Gasteiger partial charge in [-0.05, 0) is 60.7 Å². The van der Waals surface area contributed by atoms with Crippen LogP contribution in [0.1, 0.15) is 0 Å². The monoisotopic (exact) mass is 470 g/mol. The zero-order valence-electron chi connectivity index (χ0n) is 16.2. The summed E-state index contributed by atoms with van der Waals surface area (Å²) in [7, 11) is 0. The molecule has 0 aliphatic rings. The number of nitrogens with one attached hydrogen (secondary N) is 1. The zero-order chi connectivity index (χ0) is 21.6. The fourth-order valence-electron chi connectivity index (χ4n) is 2.93. The molecule has 3 aromatic carbocycles. The zero-order valence-corrected chi connectivity index (χ0v) is 18.5. The maximum atomic E-state index is 6.09. The Morgan fingerprint density at radius 3 is 2.52 bits per heavy atom. The molecule has 0 aliphatic carbocycles. The molecule has 0 amide bonds. The maximum absolute atomic E-state index is 6.09. The maximum Gasteiger partial charge on any atom is 0.141 e. The van der Waals surface area contributed by atoms with Crippen LogP contribution in [0.15, 0.2) is 83.4 Å². The van der Waals surface area contributed by atoms with Gasteiger partial charge in [0.25, 0.3) is 0 Å². The number of hydrogen-bond donors (Lipinski definition) is 1. The van der Waals surface area contributed by atoms with Crippen molar-refractivity contribution in [1.29, 1.82) is 0 Å². The molecular formula is C22H17Cl3N6. The second kappa shape index (κ2) is 9.92. The van der Waals surface area contributed by atoms with E-state index in [1.807, 2.05) is 54.6 Å². The van der Waals surface area contributed by atoms with Crippen LogP contribution in [0.2, 0.25) is 10.0 Å². The van der Waals surface area contributed by atoms with E-state index < -0.39 is 0 Å². The van der Waals surface area contributed by atoms with Crippen LogP contribution in [-0.2, 0) is 0 Å². The minimum Gasteiger partial charge on any atom is -0.340 e. The SMILES string of the molecule is ClCCN(N=Nc1ccc2ncnc(Nc3cccc(Cl)c3)c2c1)c1ccc(Cl)cc1. The molecule has 1 aromatic heterocycles. The quantitative estimate of drug-likeness (QED) is 0.173. The molecule has 0 atom stereocenters. The first-order valence-electron chi connectivity index (χ1n) is 9.40. The van der Waals surface area contributed by atoms with E-state index >= 15 is 0 Å². The average Bonchev–Trinajstić information content (AvgIpc) is 2.78. The first kappa shape index (κ1) is 21.3. The van der Waals surface area contributed by atoms with Gasteiger partial charge in [0.15, 0.2) is 0 Å². The normalized spacial score (nSPS) is 11.2. The van der Waals surface area contributed by atoms with E-state index in [9.17, 15) is 0 Å². The highest BCUT2D eigenvalue weighted by Crippen LogP contribution is 2.28. The van der Waals surface area contributed by atoms with Gasteiger partial charge in [-0.2, -0.15) is 0 Å². The molecule has 0 aliphatic heterocycles. The second-order valence-corrected chi connectivity index (χ2v) is 7.79. The lowest BCUT2D eigenvalue weighted by Gasteiger charge is -2.16. The van der Waals surface area contributed by atoms with Crippen LogP contribution in [0.3, 0.4) is 0 Å². The average molecular weight is 472 g/mol. The molecule has 0 saturated heterocycles. The third-order valence-corrected chi connectivity index (χ3v) is 5.05. The van der Waals surface area contributed by atoms with Crippen LogP contribution in [0.4, 0.5) is 22.9 Å². The molecule has 31 heavy (non-hydrogen) atoms. The molecule has 4 rings (SSSR count). The van der Waals surface area contributed by atoms with Crippen LogP contribution in [0.25, 0.3) is 10.9 Å². The van der Waals surface area contributed by atoms with Crippen molar-refractivity contribution in [3.8, 4) is 0 Å². The summed E-state index contributed by atoms with van der Waals surface area (Å²) in [6.45, 7) is 0.505. The number of hydrogen-bond acceptors (Lipinski definition) is 5. The van der Waals surface area contributed by atoms with Crippen molar-refractivity contribution >= 4 is 68.6 Å². The van der Waals surface area contributed by atoms with Gasteiger partial charge in [-0.15, -0.1) is 16.7 Å². The van der Waals surface area contributed by atoms with Gasteiger partial charge in [0.2, 0.25) is 0 Å². The van der Waals surface area contributed by atoms with Gasteiger partial charge < -0.3 is 5.32 Å². The van der Waals surface area contributed by atoms with Crippen LogP contribution in [-0.4, -0.2) is 22.4 Å². The Balaban J connectivity index is 1.63. The molecule has 0 saturated carbocycles. The number of benzene rings is 3. The van der Waals surface area contributed by atoms with E-state index in [0.717, 1.165) is 22.3 Å². The fourth-order valence-corrected chi connectivity index (χ4v) is 3.41. The topological polar surface area (TPSA) is 65.8 Å². The van der Waals surface area contributed by atoms with Gasteiger partial charge in [0.05, 0.1) is 23.4 Å². The lowest BCUT2D eigenvalue weighted by Crippen LogP contribution is -2.17. The van der Waals surface area contributed by atoms with E-state index in [1.54, 1.807) is 17.1 Å². The number of halogens is 3. The van der Waals surface area contributed by atoms with E-state index in [-0.39, 0.29) is 0 Å². The molecule has 6 nitrogen and oxygen atoms in total. The Kier molecular flexibility index (Phi) is 6.82. The largest absolute Gasteiger partial charge is 0.340 e. The van der Waals surface area contributed by atoms with Crippen molar-refractivity contribution in [1.82, 2.24) is 9.97 Å². The van der Waals surface area contributed by atoms with E-state index in [4.69, 9.17) is 34.8 Å². The van der Waals surface area contributed by atoms with Crippen molar-refractivity contribution < 1.29 is 0 Å². The molecule has 0 radical (unpaired) electrons. The van der Waals surface area contributed by atoms with E-state index in [2.05, 4.69) is 25.6 Å². The minimum absolute atomic E-state index is 0.404. The lowest BCUT2D eigenvalue weighted by molar-refractivity contribution is 0.838. The van der Waals surface area contributed by atoms with Gasteiger partial charge in [0.1, 0.15) is 12.1 Å². The predicted octanol–water partition coefficient (Wildman–Crippen LogP) is 7.42. The van der Waals surface area contributed by atoms with Gasteiger partial charge in [0, 0.05) is 27.0 Å². The molecule has 9 heteroatoms. The molecule has 0 fully saturated rings. The fraction of sp³-hybridized carbons (Fsp3) is 0.0909. The van der Waals surface area contributed by atoms with Crippen LogP contribution in [0.5, 0.6) is 0 Å². The summed E-state index contributed by atoms with van der Waals surface area (Å²) in [5.41, 5.74) is 3.12. The third-order valence-electron chi connectivity index (χ3n) is 4.40. The van der Waals surface area contributed by atoms with Crippen LogP contribution >= 0.6 is 34.8 Å². The lowest BCUT2D eigenvalue weighted by atomic mass is 10.2. The third kappa shape index (κ3) is 5.41. The van der Waals surface area contributed by atoms with Gasteiger partial charge in [-0.25, -0.2) is 15.0 Å². The van der Waals surface area contributed by atoms with Crippen molar-refractivity contribution in [2.75, 3.05) is 22.8 Å². The minimum atomic E-state index is 0.404. The van der Waals surface area contributed by atoms with Crippen LogP contribution < -0.4 is 10.3 Å². The summed E-state index contributed by atoms with van der Waals surface area (Å²) in [6.07, 6.45) is 1.51. The Bertz CT molecular complexity index is 1210. The highest BCUT2D eigenvalue weighted by molar-refractivity contribution is 6.31. The Morgan fingerprint density at radius 1 is 0.903 bits per heavy atom. The summed E-state index contributed by atoms with van der Waals surface area (Å²) in [4.78, 5) is 8.71. The van der Waals surface area contributed by atoms with Crippen LogP contribution in [0, 0.1) is 0 Å². The summed E-state index contributed by atoms with van der Waals surface area (Å²) in [5.74, 6) is 1.06. The smallest absolute Gasteiger partial charge is 0.141 e. The number of anilines is 3.